The molecule has 0 aromatic heterocycles. The Hall–Kier alpha value is -1.10. The average Bonchev–Trinajstić information content (AvgIpc) is 2.27. The molecule has 0 unspecified atom stereocenters. The SMILES string of the molecule is NC(=O)C1CCC(NC(=O)CCCO)CC1. The molecule has 5 heteroatoms. The number of aliphatic hydroxyl groups excluding tert-OH is 1. The monoisotopic (exact) mass is 228 g/mol. The first-order valence-electron chi connectivity index (χ1n) is 5.83. The Morgan fingerprint density at radius 2 is 1.88 bits per heavy atom. The lowest BCUT2D eigenvalue weighted by Crippen LogP contribution is -2.39. The van der Waals surface area contributed by atoms with Crippen molar-refractivity contribution in [1.82, 2.24) is 5.32 Å². The summed E-state index contributed by atoms with van der Waals surface area (Å²) in [6.07, 6.45) is 4.03. The molecule has 1 fully saturated rings. The molecule has 4 N–H and O–H groups in total. The van der Waals surface area contributed by atoms with Crippen molar-refractivity contribution in [3.63, 3.8) is 0 Å². The van der Waals surface area contributed by atoms with Crippen LogP contribution in [-0.2, 0) is 9.59 Å². The first kappa shape index (κ1) is 13.0. The first-order valence-corrected chi connectivity index (χ1v) is 5.83. The Labute approximate surface area is 95.4 Å². The van der Waals surface area contributed by atoms with Gasteiger partial charge in [0.15, 0.2) is 0 Å². The highest BCUT2D eigenvalue weighted by molar-refractivity contribution is 5.77. The molecule has 0 aliphatic heterocycles. The minimum absolute atomic E-state index is 0.0171. The fourth-order valence-electron chi connectivity index (χ4n) is 2.06. The van der Waals surface area contributed by atoms with E-state index < -0.39 is 0 Å². The van der Waals surface area contributed by atoms with E-state index in [4.69, 9.17) is 10.8 Å². The van der Waals surface area contributed by atoms with Crippen LogP contribution in [0.5, 0.6) is 0 Å². The third kappa shape index (κ3) is 4.18. The van der Waals surface area contributed by atoms with E-state index in [9.17, 15) is 9.59 Å². The van der Waals surface area contributed by atoms with Crippen LogP contribution in [0.2, 0.25) is 0 Å². The zero-order chi connectivity index (χ0) is 12.0. The molecule has 0 radical (unpaired) electrons. The van der Waals surface area contributed by atoms with Gasteiger partial charge in [-0.25, -0.2) is 0 Å². The highest BCUT2D eigenvalue weighted by Crippen LogP contribution is 2.23. The summed E-state index contributed by atoms with van der Waals surface area (Å²) in [5.41, 5.74) is 5.23. The summed E-state index contributed by atoms with van der Waals surface area (Å²) >= 11 is 0. The summed E-state index contributed by atoms with van der Waals surface area (Å²) in [6.45, 7) is 0.0435. The van der Waals surface area contributed by atoms with E-state index in [1.807, 2.05) is 0 Å². The van der Waals surface area contributed by atoms with Gasteiger partial charge in [0.25, 0.3) is 0 Å². The van der Waals surface area contributed by atoms with E-state index in [0.717, 1.165) is 25.7 Å². The van der Waals surface area contributed by atoms with Crippen LogP contribution in [0.15, 0.2) is 0 Å². The molecular weight excluding hydrogens is 208 g/mol. The van der Waals surface area contributed by atoms with Crippen molar-refractivity contribution in [2.24, 2.45) is 11.7 Å². The molecule has 0 spiro atoms. The number of nitrogens with two attached hydrogens (primary N) is 1. The molecule has 1 rings (SSSR count). The Balaban J connectivity index is 2.21. The van der Waals surface area contributed by atoms with Gasteiger partial charge in [0.2, 0.25) is 11.8 Å². The van der Waals surface area contributed by atoms with Gasteiger partial charge in [-0.3, -0.25) is 9.59 Å². The lowest BCUT2D eigenvalue weighted by Gasteiger charge is -2.27. The molecule has 0 heterocycles. The van der Waals surface area contributed by atoms with E-state index in [-0.39, 0.29) is 30.4 Å². The standard InChI is InChI=1S/C11H20N2O3/c12-11(16)8-3-5-9(6-4-8)13-10(15)2-1-7-14/h8-9,14H,1-7H2,(H2,12,16)(H,13,15). The molecule has 0 aromatic rings. The van der Waals surface area contributed by atoms with E-state index in [0.29, 0.717) is 12.8 Å². The van der Waals surface area contributed by atoms with E-state index >= 15 is 0 Å². The van der Waals surface area contributed by atoms with Crippen LogP contribution in [-0.4, -0.2) is 29.6 Å². The fourth-order valence-corrected chi connectivity index (χ4v) is 2.06. The van der Waals surface area contributed by atoms with Crippen LogP contribution in [0.25, 0.3) is 0 Å². The Morgan fingerprint density at radius 3 is 2.38 bits per heavy atom. The van der Waals surface area contributed by atoms with Gasteiger partial charge >= 0.3 is 0 Å². The zero-order valence-corrected chi connectivity index (χ0v) is 9.45. The Morgan fingerprint density at radius 1 is 1.25 bits per heavy atom. The normalized spacial score (nSPS) is 25.1. The van der Waals surface area contributed by atoms with Crippen molar-refractivity contribution in [3.8, 4) is 0 Å². The second-order valence-electron chi connectivity index (χ2n) is 4.35. The quantitative estimate of drug-likeness (QED) is 0.614. The van der Waals surface area contributed by atoms with Crippen LogP contribution in [0.3, 0.4) is 0 Å². The molecule has 92 valence electrons. The molecule has 0 bridgehead atoms. The van der Waals surface area contributed by atoms with Crippen molar-refractivity contribution in [2.75, 3.05) is 6.61 Å². The number of primary amides is 1. The maximum Gasteiger partial charge on any atom is 0.220 e. The summed E-state index contributed by atoms with van der Waals surface area (Å²) in [4.78, 5) is 22.3. The zero-order valence-electron chi connectivity index (χ0n) is 9.45. The van der Waals surface area contributed by atoms with Crippen LogP contribution in [0.1, 0.15) is 38.5 Å². The number of nitrogens with one attached hydrogen (secondary N) is 1. The second kappa shape index (κ2) is 6.48. The maximum atomic E-state index is 11.4. The van der Waals surface area contributed by atoms with Crippen molar-refractivity contribution < 1.29 is 14.7 Å². The molecule has 0 saturated heterocycles. The minimum Gasteiger partial charge on any atom is -0.396 e. The molecule has 1 saturated carbocycles. The van der Waals surface area contributed by atoms with Crippen LogP contribution < -0.4 is 11.1 Å². The Bertz CT molecular complexity index is 248. The van der Waals surface area contributed by atoms with Crippen molar-refractivity contribution in [2.45, 2.75) is 44.6 Å². The fraction of sp³-hybridized carbons (Fsp3) is 0.818. The summed E-state index contributed by atoms with van der Waals surface area (Å²) in [5.74, 6) is -0.271. The lowest BCUT2D eigenvalue weighted by molar-refractivity contribution is -0.123. The number of amides is 2. The Kier molecular flexibility index (Phi) is 5.25. The number of hydrogen-bond acceptors (Lipinski definition) is 3. The van der Waals surface area contributed by atoms with Gasteiger partial charge < -0.3 is 16.2 Å². The average molecular weight is 228 g/mol. The molecule has 0 aromatic carbocycles. The largest absolute Gasteiger partial charge is 0.396 e. The molecular formula is C11H20N2O3. The first-order chi connectivity index (χ1) is 7.63. The smallest absolute Gasteiger partial charge is 0.220 e. The van der Waals surface area contributed by atoms with Gasteiger partial charge in [0.05, 0.1) is 0 Å². The second-order valence-corrected chi connectivity index (χ2v) is 4.35. The van der Waals surface area contributed by atoms with Crippen molar-refractivity contribution >= 4 is 11.8 Å². The number of rotatable bonds is 5. The predicted molar refractivity (Wildman–Crippen MR) is 59.4 cm³/mol. The highest BCUT2D eigenvalue weighted by atomic mass is 16.3. The number of carbonyl (C=O) groups is 2. The molecule has 1 aliphatic rings. The lowest BCUT2D eigenvalue weighted by atomic mass is 9.85. The third-order valence-corrected chi connectivity index (χ3v) is 3.06. The molecule has 2 amide bonds. The van der Waals surface area contributed by atoms with Crippen LogP contribution in [0, 0.1) is 5.92 Å². The van der Waals surface area contributed by atoms with Crippen molar-refractivity contribution in [1.29, 1.82) is 0 Å². The van der Waals surface area contributed by atoms with E-state index in [2.05, 4.69) is 5.32 Å². The van der Waals surface area contributed by atoms with E-state index in [1.165, 1.54) is 0 Å². The van der Waals surface area contributed by atoms with E-state index in [1.54, 1.807) is 0 Å². The topological polar surface area (TPSA) is 92.4 Å². The third-order valence-electron chi connectivity index (χ3n) is 3.06. The van der Waals surface area contributed by atoms with Gasteiger partial charge in [-0.15, -0.1) is 0 Å². The van der Waals surface area contributed by atoms with Gasteiger partial charge in [0, 0.05) is 25.0 Å². The van der Waals surface area contributed by atoms with Gasteiger partial charge in [-0.2, -0.15) is 0 Å². The van der Waals surface area contributed by atoms with Gasteiger partial charge in [0.1, 0.15) is 0 Å². The summed E-state index contributed by atoms with van der Waals surface area (Å²) in [5, 5.41) is 11.5. The minimum atomic E-state index is -0.231. The predicted octanol–water partition coefficient (Wildman–Crippen LogP) is -0.0808. The summed E-state index contributed by atoms with van der Waals surface area (Å²) < 4.78 is 0. The van der Waals surface area contributed by atoms with Crippen LogP contribution in [0.4, 0.5) is 0 Å². The maximum absolute atomic E-state index is 11.4. The number of hydrogen-bond donors (Lipinski definition) is 3. The number of aliphatic hydroxyl groups is 1. The summed E-state index contributed by atoms with van der Waals surface area (Å²) in [7, 11) is 0. The van der Waals surface area contributed by atoms with Gasteiger partial charge in [-0.05, 0) is 32.1 Å². The molecule has 5 nitrogen and oxygen atoms in total. The number of carbonyl (C=O) groups excluding carboxylic acids is 2. The van der Waals surface area contributed by atoms with Gasteiger partial charge in [-0.1, -0.05) is 0 Å². The highest BCUT2D eigenvalue weighted by Gasteiger charge is 2.25. The molecule has 0 atom stereocenters. The van der Waals surface area contributed by atoms with Crippen molar-refractivity contribution in [3.05, 3.63) is 0 Å². The summed E-state index contributed by atoms with van der Waals surface area (Å²) in [6, 6.07) is 0.168. The molecule has 1 aliphatic carbocycles. The molecule has 16 heavy (non-hydrogen) atoms. The van der Waals surface area contributed by atoms with Crippen LogP contribution >= 0.6 is 0 Å².